The van der Waals surface area contributed by atoms with E-state index in [-0.39, 0.29) is 5.91 Å². The summed E-state index contributed by atoms with van der Waals surface area (Å²) in [4.78, 5) is 14.4. The van der Waals surface area contributed by atoms with Crippen LogP contribution in [0.15, 0.2) is 0 Å². The van der Waals surface area contributed by atoms with Gasteiger partial charge in [-0.25, -0.2) is 0 Å². The monoisotopic (exact) mass is 250 g/mol. The summed E-state index contributed by atoms with van der Waals surface area (Å²) >= 11 is 0. The molecule has 0 aliphatic carbocycles. The lowest BCUT2D eigenvalue weighted by Crippen LogP contribution is -2.39. The van der Waals surface area contributed by atoms with Gasteiger partial charge in [0.05, 0.1) is 11.3 Å². The molecule has 18 heavy (non-hydrogen) atoms. The first-order valence-electron chi connectivity index (χ1n) is 6.56. The normalized spacial score (nSPS) is 20.9. The van der Waals surface area contributed by atoms with Gasteiger partial charge in [-0.2, -0.15) is 5.10 Å². The average Bonchev–Trinajstić information content (AvgIpc) is 2.66. The largest absolute Gasteiger partial charge is 0.352 e. The molecule has 1 amide bonds. The van der Waals surface area contributed by atoms with E-state index in [9.17, 15) is 4.79 Å². The Hall–Kier alpha value is -1.36. The van der Waals surface area contributed by atoms with Crippen LogP contribution in [0.3, 0.4) is 0 Å². The summed E-state index contributed by atoms with van der Waals surface area (Å²) in [7, 11) is 2.14. The van der Waals surface area contributed by atoms with Crippen molar-refractivity contribution in [2.24, 2.45) is 5.92 Å². The molecule has 1 atom stereocenters. The molecule has 5 nitrogen and oxygen atoms in total. The van der Waals surface area contributed by atoms with Crippen LogP contribution in [0.2, 0.25) is 0 Å². The molecule has 0 aromatic carbocycles. The highest BCUT2D eigenvalue weighted by Crippen LogP contribution is 2.15. The van der Waals surface area contributed by atoms with E-state index in [0.717, 1.165) is 24.5 Å². The van der Waals surface area contributed by atoms with E-state index < -0.39 is 0 Å². The molecule has 1 fully saturated rings. The number of nitrogens with zero attached hydrogens (tertiary/aromatic N) is 2. The fraction of sp³-hybridized carbons (Fsp3) is 0.692. The van der Waals surface area contributed by atoms with Crippen molar-refractivity contribution in [1.82, 2.24) is 20.4 Å². The van der Waals surface area contributed by atoms with E-state index in [4.69, 9.17) is 0 Å². The van der Waals surface area contributed by atoms with E-state index in [1.807, 2.05) is 13.8 Å². The van der Waals surface area contributed by atoms with Gasteiger partial charge >= 0.3 is 0 Å². The molecule has 0 spiro atoms. The standard InChI is InChI=1S/C13H22N4O/c1-9-12(10(2)16-15-9)13(18)14-7-11-5-4-6-17(3)8-11/h11H,4-8H2,1-3H3,(H,14,18)(H,15,16). The van der Waals surface area contributed by atoms with Crippen LogP contribution in [0.4, 0.5) is 0 Å². The second-order valence-corrected chi connectivity index (χ2v) is 5.29. The fourth-order valence-electron chi connectivity index (χ4n) is 2.65. The molecule has 2 rings (SSSR count). The Morgan fingerprint density at radius 3 is 2.94 bits per heavy atom. The molecule has 2 heterocycles. The van der Waals surface area contributed by atoms with E-state index in [1.54, 1.807) is 0 Å². The number of piperidine rings is 1. The van der Waals surface area contributed by atoms with Gasteiger partial charge in [0.15, 0.2) is 0 Å². The number of aryl methyl sites for hydroxylation is 2. The number of carbonyl (C=O) groups is 1. The number of amides is 1. The molecule has 1 aliphatic heterocycles. The van der Waals surface area contributed by atoms with E-state index in [0.29, 0.717) is 11.5 Å². The van der Waals surface area contributed by atoms with Crippen molar-refractivity contribution in [3.05, 3.63) is 17.0 Å². The van der Waals surface area contributed by atoms with Crippen LogP contribution >= 0.6 is 0 Å². The molecule has 1 saturated heterocycles. The first-order chi connectivity index (χ1) is 8.58. The first-order valence-corrected chi connectivity index (χ1v) is 6.56. The molecule has 1 aliphatic rings. The highest BCUT2D eigenvalue weighted by Gasteiger charge is 2.20. The number of nitrogens with one attached hydrogen (secondary N) is 2. The molecule has 1 unspecified atom stereocenters. The minimum absolute atomic E-state index is 0.00743. The molecular formula is C13H22N4O. The van der Waals surface area contributed by atoms with E-state index in [1.165, 1.54) is 19.4 Å². The van der Waals surface area contributed by atoms with Gasteiger partial charge in [0.25, 0.3) is 5.91 Å². The Kier molecular flexibility index (Phi) is 4.01. The summed E-state index contributed by atoms with van der Waals surface area (Å²) < 4.78 is 0. The number of aromatic amines is 1. The topological polar surface area (TPSA) is 61.0 Å². The predicted octanol–water partition coefficient (Wildman–Crippen LogP) is 1.10. The number of hydrogen-bond acceptors (Lipinski definition) is 3. The van der Waals surface area contributed by atoms with E-state index >= 15 is 0 Å². The maximum Gasteiger partial charge on any atom is 0.255 e. The quantitative estimate of drug-likeness (QED) is 0.844. The molecule has 1 aromatic rings. The van der Waals surface area contributed by atoms with Gasteiger partial charge in [0.2, 0.25) is 0 Å². The Morgan fingerprint density at radius 2 is 2.33 bits per heavy atom. The third-order valence-electron chi connectivity index (χ3n) is 3.63. The van der Waals surface area contributed by atoms with Crippen molar-refractivity contribution in [2.45, 2.75) is 26.7 Å². The Balaban J connectivity index is 1.88. The SMILES string of the molecule is Cc1n[nH]c(C)c1C(=O)NCC1CCCN(C)C1. The average molecular weight is 250 g/mol. The van der Waals surface area contributed by atoms with Gasteiger partial charge in [0, 0.05) is 18.8 Å². The molecular weight excluding hydrogens is 228 g/mol. The maximum atomic E-state index is 12.1. The summed E-state index contributed by atoms with van der Waals surface area (Å²) in [5.41, 5.74) is 2.30. The summed E-state index contributed by atoms with van der Waals surface area (Å²) in [5.74, 6) is 0.562. The van der Waals surface area contributed by atoms with Crippen molar-refractivity contribution in [1.29, 1.82) is 0 Å². The predicted molar refractivity (Wildman–Crippen MR) is 70.6 cm³/mol. The summed E-state index contributed by atoms with van der Waals surface area (Å²) in [6.07, 6.45) is 2.43. The fourth-order valence-corrected chi connectivity index (χ4v) is 2.65. The van der Waals surface area contributed by atoms with Gasteiger partial charge in [-0.3, -0.25) is 9.89 Å². The number of H-pyrrole nitrogens is 1. The second-order valence-electron chi connectivity index (χ2n) is 5.29. The van der Waals surface area contributed by atoms with Gasteiger partial charge in [-0.15, -0.1) is 0 Å². The number of likely N-dealkylation sites (tertiary alicyclic amines) is 1. The molecule has 0 bridgehead atoms. The van der Waals surface area contributed by atoms with Gasteiger partial charge < -0.3 is 10.2 Å². The molecule has 0 radical (unpaired) electrons. The van der Waals surface area contributed by atoms with Crippen LogP contribution in [-0.2, 0) is 0 Å². The van der Waals surface area contributed by atoms with Crippen LogP contribution in [0.1, 0.15) is 34.6 Å². The van der Waals surface area contributed by atoms with Crippen LogP contribution in [0.5, 0.6) is 0 Å². The van der Waals surface area contributed by atoms with Crippen molar-refractivity contribution in [2.75, 3.05) is 26.7 Å². The molecule has 1 aromatic heterocycles. The smallest absolute Gasteiger partial charge is 0.255 e. The molecule has 2 N–H and O–H groups in total. The molecule has 5 heteroatoms. The maximum absolute atomic E-state index is 12.1. The van der Waals surface area contributed by atoms with Crippen molar-refractivity contribution in [3.63, 3.8) is 0 Å². The van der Waals surface area contributed by atoms with Crippen LogP contribution < -0.4 is 5.32 Å². The second kappa shape index (κ2) is 5.52. The number of hydrogen-bond donors (Lipinski definition) is 2. The Morgan fingerprint density at radius 1 is 1.56 bits per heavy atom. The molecule has 100 valence electrons. The van der Waals surface area contributed by atoms with Crippen LogP contribution in [0.25, 0.3) is 0 Å². The lowest BCUT2D eigenvalue weighted by molar-refractivity contribution is 0.0935. The van der Waals surface area contributed by atoms with Gasteiger partial charge in [0.1, 0.15) is 0 Å². The van der Waals surface area contributed by atoms with Gasteiger partial charge in [-0.05, 0) is 46.2 Å². The van der Waals surface area contributed by atoms with E-state index in [2.05, 4.69) is 27.5 Å². The van der Waals surface area contributed by atoms with Crippen LogP contribution in [0, 0.1) is 19.8 Å². The van der Waals surface area contributed by atoms with Crippen molar-refractivity contribution < 1.29 is 4.79 Å². The minimum Gasteiger partial charge on any atom is -0.352 e. The summed E-state index contributed by atoms with van der Waals surface area (Å²) in [5, 5.41) is 9.93. The Labute approximate surface area is 108 Å². The zero-order valence-corrected chi connectivity index (χ0v) is 11.4. The van der Waals surface area contributed by atoms with Crippen molar-refractivity contribution >= 4 is 5.91 Å². The van der Waals surface area contributed by atoms with Crippen molar-refractivity contribution in [3.8, 4) is 0 Å². The number of aromatic nitrogens is 2. The van der Waals surface area contributed by atoms with Gasteiger partial charge in [-0.1, -0.05) is 0 Å². The highest BCUT2D eigenvalue weighted by atomic mass is 16.1. The Bertz CT molecular complexity index is 407. The first kappa shape index (κ1) is 13.1. The minimum atomic E-state index is -0.00743. The lowest BCUT2D eigenvalue weighted by Gasteiger charge is -2.29. The molecule has 0 saturated carbocycles. The third-order valence-corrected chi connectivity index (χ3v) is 3.63. The zero-order chi connectivity index (χ0) is 13.1. The van der Waals surface area contributed by atoms with Crippen LogP contribution in [-0.4, -0.2) is 47.7 Å². The lowest BCUT2D eigenvalue weighted by atomic mass is 9.98. The number of carbonyl (C=O) groups excluding carboxylic acids is 1. The summed E-state index contributed by atoms with van der Waals surface area (Å²) in [6.45, 7) is 6.73. The summed E-state index contributed by atoms with van der Waals surface area (Å²) in [6, 6.07) is 0. The highest BCUT2D eigenvalue weighted by molar-refractivity contribution is 5.96. The zero-order valence-electron chi connectivity index (χ0n) is 11.4. The third kappa shape index (κ3) is 2.90. The number of rotatable bonds is 3.